The Morgan fingerprint density at radius 3 is 2.65 bits per heavy atom. The van der Waals surface area contributed by atoms with Crippen LogP contribution in [0.15, 0.2) is 36.7 Å². The van der Waals surface area contributed by atoms with Gasteiger partial charge in [0.25, 0.3) is 0 Å². The maximum atomic E-state index is 14.1. The number of rotatable bonds is 2. The third-order valence-corrected chi connectivity index (χ3v) is 4.15. The number of hydrogen-bond donors (Lipinski definition) is 2. The summed E-state index contributed by atoms with van der Waals surface area (Å²) >= 11 is 0. The van der Waals surface area contributed by atoms with Crippen LogP contribution >= 0.6 is 0 Å². The largest absolute Gasteiger partial charge is 0.508 e. The van der Waals surface area contributed by atoms with E-state index in [1.807, 2.05) is 6.07 Å². The lowest BCUT2D eigenvalue weighted by Gasteiger charge is -2.14. The van der Waals surface area contributed by atoms with Gasteiger partial charge in [-0.2, -0.15) is 0 Å². The number of nitrogens with zero attached hydrogens (tertiary/aromatic N) is 2. The summed E-state index contributed by atoms with van der Waals surface area (Å²) in [4.78, 5) is 7.90. The lowest BCUT2D eigenvalue weighted by molar-refractivity contribution is 0.474. The van der Waals surface area contributed by atoms with Gasteiger partial charge in [0.05, 0.1) is 5.39 Å². The van der Waals surface area contributed by atoms with E-state index in [9.17, 15) is 13.9 Å². The summed E-state index contributed by atoms with van der Waals surface area (Å²) in [6, 6.07) is 7.40. The van der Waals surface area contributed by atoms with Crippen LogP contribution in [0.5, 0.6) is 5.75 Å². The van der Waals surface area contributed by atoms with E-state index < -0.39 is 11.6 Å². The zero-order chi connectivity index (χ0) is 16.0. The SMILES string of the molecule is Oc1ccc2c(c1)CC(Nc1ncnc3c(F)ccc(F)c13)C2. The summed E-state index contributed by atoms with van der Waals surface area (Å²) in [5.41, 5.74) is 2.15. The van der Waals surface area contributed by atoms with Gasteiger partial charge in [0.2, 0.25) is 0 Å². The first-order chi connectivity index (χ1) is 11.1. The Hall–Kier alpha value is -2.76. The number of hydrogen-bond acceptors (Lipinski definition) is 4. The molecule has 1 aliphatic carbocycles. The number of nitrogens with one attached hydrogen (secondary N) is 1. The molecule has 6 heteroatoms. The summed E-state index contributed by atoms with van der Waals surface area (Å²) < 4.78 is 27.9. The third kappa shape index (κ3) is 2.36. The van der Waals surface area contributed by atoms with Crippen LogP contribution in [0.3, 0.4) is 0 Å². The van der Waals surface area contributed by atoms with Crippen molar-refractivity contribution in [3.8, 4) is 5.75 Å². The summed E-state index contributed by atoms with van der Waals surface area (Å²) in [6.07, 6.45) is 2.64. The molecule has 1 heterocycles. The lowest BCUT2D eigenvalue weighted by atomic mass is 10.1. The molecule has 2 aromatic carbocycles. The molecule has 1 atom stereocenters. The molecule has 23 heavy (non-hydrogen) atoms. The van der Waals surface area contributed by atoms with Crippen molar-refractivity contribution in [2.24, 2.45) is 0 Å². The highest BCUT2D eigenvalue weighted by Gasteiger charge is 2.23. The molecule has 1 aliphatic rings. The van der Waals surface area contributed by atoms with E-state index in [0.717, 1.165) is 29.7 Å². The third-order valence-electron chi connectivity index (χ3n) is 4.15. The standard InChI is InChI=1S/C17H13F2N3O/c18-13-3-4-14(19)16-15(13)17(21-8-20-16)22-11-5-9-1-2-12(23)7-10(9)6-11/h1-4,7-8,11,23H,5-6H2,(H,20,21,22). The summed E-state index contributed by atoms with van der Waals surface area (Å²) in [6.45, 7) is 0. The van der Waals surface area contributed by atoms with Crippen molar-refractivity contribution >= 4 is 16.7 Å². The van der Waals surface area contributed by atoms with Gasteiger partial charge in [-0.05, 0) is 48.2 Å². The van der Waals surface area contributed by atoms with Gasteiger partial charge < -0.3 is 10.4 Å². The number of phenols is 1. The zero-order valence-corrected chi connectivity index (χ0v) is 12.1. The number of phenolic OH excluding ortho intramolecular Hbond substituents is 1. The number of halogens is 2. The second-order valence-corrected chi connectivity index (χ2v) is 5.68. The quantitative estimate of drug-likeness (QED) is 0.763. The number of anilines is 1. The first-order valence-corrected chi connectivity index (χ1v) is 7.28. The fraction of sp³-hybridized carbons (Fsp3) is 0.176. The van der Waals surface area contributed by atoms with Crippen LogP contribution < -0.4 is 5.32 Å². The molecule has 0 bridgehead atoms. The number of aromatic hydroxyl groups is 1. The maximum Gasteiger partial charge on any atom is 0.149 e. The Morgan fingerprint density at radius 1 is 1.00 bits per heavy atom. The van der Waals surface area contributed by atoms with Gasteiger partial charge in [0, 0.05) is 6.04 Å². The van der Waals surface area contributed by atoms with Gasteiger partial charge in [0.1, 0.15) is 35.0 Å². The molecule has 116 valence electrons. The molecular weight excluding hydrogens is 300 g/mol. The molecule has 2 N–H and O–H groups in total. The Labute approximate surface area is 130 Å². The van der Waals surface area contributed by atoms with Crippen LogP contribution in [0.2, 0.25) is 0 Å². The Bertz CT molecular complexity index is 914. The van der Waals surface area contributed by atoms with Crippen molar-refractivity contribution in [1.82, 2.24) is 9.97 Å². The summed E-state index contributed by atoms with van der Waals surface area (Å²) in [7, 11) is 0. The first kappa shape index (κ1) is 13.9. The molecule has 0 aliphatic heterocycles. The minimum absolute atomic E-state index is 0.00701. The molecular formula is C17H13F2N3O. The highest BCUT2D eigenvalue weighted by atomic mass is 19.1. The van der Waals surface area contributed by atoms with Gasteiger partial charge >= 0.3 is 0 Å². The minimum Gasteiger partial charge on any atom is -0.508 e. The van der Waals surface area contributed by atoms with Gasteiger partial charge in [-0.15, -0.1) is 0 Å². The Kier molecular flexibility index (Phi) is 3.11. The van der Waals surface area contributed by atoms with Crippen molar-refractivity contribution in [3.05, 3.63) is 59.4 Å². The van der Waals surface area contributed by atoms with Gasteiger partial charge in [-0.3, -0.25) is 0 Å². The predicted octanol–water partition coefficient (Wildman–Crippen LogP) is 3.19. The van der Waals surface area contributed by atoms with Crippen LogP contribution in [0.1, 0.15) is 11.1 Å². The van der Waals surface area contributed by atoms with Crippen LogP contribution in [-0.2, 0) is 12.8 Å². The second kappa shape index (κ2) is 5.15. The number of aromatic nitrogens is 2. The van der Waals surface area contributed by atoms with Crippen molar-refractivity contribution in [1.29, 1.82) is 0 Å². The van der Waals surface area contributed by atoms with E-state index in [1.54, 1.807) is 12.1 Å². The van der Waals surface area contributed by atoms with Gasteiger partial charge in [0.15, 0.2) is 0 Å². The molecule has 0 radical (unpaired) electrons. The summed E-state index contributed by atoms with van der Waals surface area (Å²) in [5.74, 6) is -0.622. The normalized spacial score (nSPS) is 16.5. The minimum atomic E-state index is -0.577. The van der Waals surface area contributed by atoms with Crippen LogP contribution in [-0.4, -0.2) is 21.1 Å². The van der Waals surface area contributed by atoms with Crippen molar-refractivity contribution in [3.63, 3.8) is 0 Å². The topological polar surface area (TPSA) is 58.0 Å². The van der Waals surface area contributed by atoms with Crippen molar-refractivity contribution in [2.75, 3.05) is 5.32 Å². The van der Waals surface area contributed by atoms with Crippen LogP contribution in [0.4, 0.5) is 14.6 Å². The molecule has 0 saturated heterocycles. The molecule has 4 nitrogen and oxygen atoms in total. The predicted molar refractivity (Wildman–Crippen MR) is 82.4 cm³/mol. The van der Waals surface area contributed by atoms with E-state index in [0.29, 0.717) is 6.42 Å². The first-order valence-electron chi connectivity index (χ1n) is 7.28. The van der Waals surface area contributed by atoms with Crippen LogP contribution in [0, 0.1) is 11.6 Å². The Morgan fingerprint density at radius 2 is 1.78 bits per heavy atom. The molecule has 1 aromatic heterocycles. The smallest absolute Gasteiger partial charge is 0.149 e. The Balaban J connectivity index is 1.69. The molecule has 4 rings (SSSR count). The van der Waals surface area contributed by atoms with Crippen LogP contribution in [0.25, 0.3) is 10.9 Å². The highest BCUT2D eigenvalue weighted by molar-refractivity contribution is 5.89. The van der Waals surface area contributed by atoms with E-state index >= 15 is 0 Å². The van der Waals surface area contributed by atoms with Crippen molar-refractivity contribution in [2.45, 2.75) is 18.9 Å². The van der Waals surface area contributed by atoms with E-state index in [1.165, 1.54) is 6.33 Å². The van der Waals surface area contributed by atoms with E-state index in [2.05, 4.69) is 15.3 Å². The van der Waals surface area contributed by atoms with E-state index in [-0.39, 0.29) is 28.5 Å². The molecule has 3 aromatic rings. The number of benzene rings is 2. The molecule has 0 saturated carbocycles. The second-order valence-electron chi connectivity index (χ2n) is 5.68. The fourth-order valence-electron chi connectivity index (χ4n) is 3.11. The van der Waals surface area contributed by atoms with Crippen molar-refractivity contribution < 1.29 is 13.9 Å². The average molecular weight is 313 g/mol. The molecule has 0 spiro atoms. The molecule has 1 unspecified atom stereocenters. The molecule has 0 amide bonds. The van der Waals surface area contributed by atoms with Gasteiger partial charge in [-0.25, -0.2) is 18.7 Å². The fourth-order valence-corrected chi connectivity index (χ4v) is 3.11. The average Bonchev–Trinajstić information content (AvgIpc) is 2.92. The van der Waals surface area contributed by atoms with Gasteiger partial charge in [-0.1, -0.05) is 6.07 Å². The van der Waals surface area contributed by atoms with E-state index in [4.69, 9.17) is 0 Å². The lowest BCUT2D eigenvalue weighted by Crippen LogP contribution is -2.20. The zero-order valence-electron chi connectivity index (χ0n) is 12.1. The monoisotopic (exact) mass is 313 g/mol. The summed E-state index contributed by atoms with van der Waals surface area (Å²) in [5, 5.41) is 12.8. The number of fused-ring (bicyclic) bond motifs is 2. The molecule has 0 fully saturated rings. The maximum absolute atomic E-state index is 14.1. The highest BCUT2D eigenvalue weighted by Crippen LogP contribution is 2.30.